The molecular weight excluding hydrogens is 161 g/mol. The molecule has 0 aliphatic carbocycles. The molecule has 1 aromatic rings. The molecule has 12 heavy (non-hydrogen) atoms. The van der Waals surface area contributed by atoms with Crippen molar-refractivity contribution in [1.29, 1.82) is 0 Å². The Morgan fingerprint density at radius 3 is 2.67 bits per heavy atom. The number of aromatic hydroxyl groups is 1. The minimum Gasteiger partial charge on any atom is -0.508 e. The first-order chi connectivity index (χ1) is 5.59. The predicted octanol–water partition coefficient (Wildman–Crippen LogP) is 1.35. The van der Waals surface area contributed by atoms with E-state index in [1.807, 2.05) is 0 Å². The van der Waals surface area contributed by atoms with Crippen LogP contribution in [0.3, 0.4) is 0 Å². The highest BCUT2D eigenvalue weighted by atomic mass is 19.1. The first kappa shape index (κ1) is 8.96. The van der Waals surface area contributed by atoms with Crippen molar-refractivity contribution in [2.45, 2.75) is 6.54 Å². The van der Waals surface area contributed by atoms with Crippen molar-refractivity contribution in [1.82, 2.24) is 5.06 Å². The maximum Gasteiger partial charge on any atom is 0.131 e. The van der Waals surface area contributed by atoms with Gasteiger partial charge in [-0.05, 0) is 6.07 Å². The second-order valence-electron chi connectivity index (χ2n) is 2.59. The van der Waals surface area contributed by atoms with E-state index in [1.54, 1.807) is 0 Å². The van der Waals surface area contributed by atoms with Gasteiger partial charge in [0.2, 0.25) is 0 Å². The summed E-state index contributed by atoms with van der Waals surface area (Å²) in [6.07, 6.45) is 0. The van der Waals surface area contributed by atoms with Crippen LogP contribution in [-0.4, -0.2) is 22.4 Å². The summed E-state index contributed by atoms with van der Waals surface area (Å²) in [5, 5.41) is 18.5. The standard InChI is InChI=1S/C8H10FNO2/c1-10(12)5-6-2-3-7(11)4-8(6)9/h2-4,11-12H,5H2,1H3. The molecule has 0 spiro atoms. The van der Waals surface area contributed by atoms with E-state index in [4.69, 9.17) is 10.3 Å². The number of phenols is 1. The summed E-state index contributed by atoms with van der Waals surface area (Å²) < 4.78 is 12.9. The molecule has 0 aliphatic heterocycles. The zero-order valence-corrected chi connectivity index (χ0v) is 6.66. The van der Waals surface area contributed by atoms with Crippen LogP contribution in [0.15, 0.2) is 18.2 Å². The minimum absolute atomic E-state index is 0.103. The molecule has 1 rings (SSSR count). The van der Waals surface area contributed by atoms with Crippen LogP contribution in [0.25, 0.3) is 0 Å². The fourth-order valence-electron chi connectivity index (χ4n) is 0.911. The molecule has 0 aromatic heterocycles. The van der Waals surface area contributed by atoms with Gasteiger partial charge >= 0.3 is 0 Å². The summed E-state index contributed by atoms with van der Waals surface area (Å²) in [5.74, 6) is -0.632. The van der Waals surface area contributed by atoms with E-state index in [2.05, 4.69) is 0 Å². The number of benzene rings is 1. The maximum atomic E-state index is 12.9. The Morgan fingerprint density at radius 2 is 2.17 bits per heavy atom. The van der Waals surface area contributed by atoms with E-state index < -0.39 is 5.82 Å². The van der Waals surface area contributed by atoms with Crippen LogP contribution in [0.4, 0.5) is 4.39 Å². The summed E-state index contributed by atoms with van der Waals surface area (Å²) in [6.45, 7) is 0.103. The fourth-order valence-corrected chi connectivity index (χ4v) is 0.911. The van der Waals surface area contributed by atoms with Crippen LogP contribution in [0, 0.1) is 5.82 Å². The van der Waals surface area contributed by atoms with Crippen molar-refractivity contribution in [2.24, 2.45) is 0 Å². The molecule has 0 unspecified atom stereocenters. The maximum absolute atomic E-state index is 12.9. The molecule has 0 saturated carbocycles. The van der Waals surface area contributed by atoms with Gasteiger partial charge in [0.1, 0.15) is 11.6 Å². The number of nitrogens with zero attached hydrogens (tertiary/aromatic N) is 1. The number of rotatable bonds is 2. The predicted molar refractivity (Wildman–Crippen MR) is 41.3 cm³/mol. The molecule has 0 atom stereocenters. The molecule has 0 amide bonds. The third-order valence-electron chi connectivity index (χ3n) is 1.44. The topological polar surface area (TPSA) is 43.7 Å². The lowest BCUT2D eigenvalue weighted by atomic mass is 10.2. The second kappa shape index (κ2) is 3.51. The molecule has 4 heteroatoms. The molecule has 0 saturated heterocycles. The lowest BCUT2D eigenvalue weighted by molar-refractivity contribution is -0.0738. The summed E-state index contributed by atoms with van der Waals surface area (Å²) in [7, 11) is 1.42. The number of phenolic OH excluding ortho intramolecular Hbond substituents is 1. The van der Waals surface area contributed by atoms with Gasteiger partial charge < -0.3 is 10.3 Å². The van der Waals surface area contributed by atoms with Crippen molar-refractivity contribution in [3.05, 3.63) is 29.6 Å². The van der Waals surface area contributed by atoms with Gasteiger partial charge in [-0.1, -0.05) is 6.07 Å². The average molecular weight is 171 g/mol. The summed E-state index contributed by atoms with van der Waals surface area (Å²) in [4.78, 5) is 0. The van der Waals surface area contributed by atoms with Gasteiger partial charge in [-0.3, -0.25) is 0 Å². The third kappa shape index (κ3) is 2.18. The number of hydroxylamine groups is 2. The van der Waals surface area contributed by atoms with Crippen molar-refractivity contribution in [3.8, 4) is 5.75 Å². The van der Waals surface area contributed by atoms with Crippen molar-refractivity contribution >= 4 is 0 Å². The van der Waals surface area contributed by atoms with E-state index in [9.17, 15) is 4.39 Å². The fraction of sp³-hybridized carbons (Fsp3) is 0.250. The van der Waals surface area contributed by atoms with E-state index in [1.165, 1.54) is 19.2 Å². The van der Waals surface area contributed by atoms with Gasteiger partial charge in [-0.25, -0.2) is 4.39 Å². The Bertz CT molecular complexity index is 276. The average Bonchev–Trinajstić information content (AvgIpc) is 1.94. The molecule has 0 radical (unpaired) electrons. The van der Waals surface area contributed by atoms with Gasteiger partial charge in [-0.2, -0.15) is 5.06 Å². The van der Waals surface area contributed by atoms with Gasteiger partial charge in [0, 0.05) is 18.7 Å². The van der Waals surface area contributed by atoms with E-state index in [0.29, 0.717) is 5.56 Å². The molecule has 1 aromatic carbocycles. The Labute approximate surface area is 69.6 Å². The highest BCUT2D eigenvalue weighted by Crippen LogP contribution is 2.15. The van der Waals surface area contributed by atoms with Crippen LogP contribution < -0.4 is 0 Å². The Kier molecular flexibility index (Phi) is 2.62. The number of hydrogen-bond acceptors (Lipinski definition) is 3. The highest BCUT2D eigenvalue weighted by molar-refractivity contribution is 5.27. The normalized spacial score (nSPS) is 10.7. The van der Waals surface area contributed by atoms with Crippen LogP contribution in [0.1, 0.15) is 5.56 Å². The number of hydrogen-bond donors (Lipinski definition) is 2. The lowest BCUT2D eigenvalue weighted by Gasteiger charge is -2.08. The smallest absolute Gasteiger partial charge is 0.131 e. The van der Waals surface area contributed by atoms with Crippen LogP contribution >= 0.6 is 0 Å². The first-order valence-electron chi connectivity index (χ1n) is 3.47. The SMILES string of the molecule is CN(O)Cc1ccc(O)cc1F. The molecular formula is C8H10FNO2. The number of halogens is 1. The van der Waals surface area contributed by atoms with Gasteiger partial charge in [-0.15, -0.1) is 0 Å². The Balaban J connectivity index is 2.86. The Morgan fingerprint density at radius 1 is 1.50 bits per heavy atom. The van der Waals surface area contributed by atoms with Crippen molar-refractivity contribution in [3.63, 3.8) is 0 Å². The van der Waals surface area contributed by atoms with Gasteiger partial charge in [0.05, 0.1) is 6.54 Å². The quantitative estimate of drug-likeness (QED) is 0.660. The van der Waals surface area contributed by atoms with Crippen LogP contribution in [0.2, 0.25) is 0 Å². The second-order valence-corrected chi connectivity index (χ2v) is 2.59. The van der Waals surface area contributed by atoms with Crippen molar-refractivity contribution in [2.75, 3.05) is 7.05 Å². The zero-order valence-electron chi connectivity index (χ0n) is 6.66. The largest absolute Gasteiger partial charge is 0.508 e. The van der Waals surface area contributed by atoms with E-state index in [-0.39, 0.29) is 12.3 Å². The molecule has 0 aliphatic rings. The monoisotopic (exact) mass is 171 g/mol. The summed E-state index contributed by atoms with van der Waals surface area (Å²) in [5.41, 5.74) is 0.345. The first-order valence-corrected chi connectivity index (χ1v) is 3.47. The minimum atomic E-state index is -0.518. The molecule has 2 N–H and O–H groups in total. The molecule has 0 bridgehead atoms. The summed E-state index contributed by atoms with van der Waals surface area (Å²) >= 11 is 0. The van der Waals surface area contributed by atoms with Gasteiger partial charge in [0.15, 0.2) is 0 Å². The zero-order chi connectivity index (χ0) is 9.14. The molecule has 66 valence electrons. The van der Waals surface area contributed by atoms with Crippen molar-refractivity contribution < 1.29 is 14.7 Å². The molecule has 0 heterocycles. The van der Waals surface area contributed by atoms with Crippen LogP contribution in [-0.2, 0) is 6.54 Å². The molecule has 3 nitrogen and oxygen atoms in total. The third-order valence-corrected chi connectivity index (χ3v) is 1.44. The summed E-state index contributed by atoms with van der Waals surface area (Å²) in [6, 6.07) is 3.82. The van der Waals surface area contributed by atoms with Crippen LogP contribution in [0.5, 0.6) is 5.75 Å². The van der Waals surface area contributed by atoms with Gasteiger partial charge in [0.25, 0.3) is 0 Å². The van der Waals surface area contributed by atoms with E-state index in [0.717, 1.165) is 11.1 Å². The molecule has 0 fully saturated rings. The van der Waals surface area contributed by atoms with E-state index >= 15 is 0 Å². The Hall–Kier alpha value is -1.13. The lowest BCUT2D eigenvalue weighted by Crippen LogP contribution is -2.12. The highest BCUT2D eigenvalue weighted by Gasteiger charge is 2.04.